The molecule has 10 heteroatoms. The molecule has 0 saturated carbocycles. The van der Waals surface area contributed by atoms with Crippen molar-refractivity contribution in [3.8, 4) is 11.8 Å². The first-order valence-electron chi connectivity index (χ1n) is 12.2. The van der Waals surface area contributed by atoms with Gasteiger partial charge in [0.25, 0.3) is 0 Å². The van der Waals surface area contributed by atoms with Crippen LogP contribution in [-0.4, -0.2) is 70.8 Å². The highest BCUT2D eigenvalue weighted by Crippen LogP contribution is 2.35. The summed E-state index contributed by atoms with van der Waals surface area (Å²) in [4.78, 5) is 19.2. The average Bonchev–Trinajstić information content (AvgIpc) is 2.91. The van der Waals surface area contributed by atoms with Crippen molar-refractivity contribution < 1.29 is 28.0 Å². The van der Waals surface area contributed by atoms with Crippen molar-refractivity contribution in [1.82, 2.24) is 14.6 Å². The van der Waals surface area contributed by atoms with Crippen LogP contribution in [0.1, 0.15) is 58.4 Å². The van der Waals surface area contributed by atoms with Crippen LogP contribution in [0.5, 0.6) is 11.8 Å². The second-order valence-electron chi connectivity index (χ2n) is 10.4. The average molecular weight is 496 g/mol. The molecule has 2 saturated heterocycles. The van der Waals surface area contributed by atoms with Crippen molar-refractivity contribution in [2.24, 2.45) is 5.92 Å². The summed E-state index contributed by atoms with van der Waals surface area (Å²) >= 11 is 0. The number of pyridine rings is 1. The van der Waals surface area contributed by atoms with E-state index in [1.165, 1.54) is 0 Å². The molecule has 1 spiro atoms. The molecule has 1 unspecified atom stereocenters. The van der Waals surface area contributed by atoms with Crippen molar-refractivity contribution in [3.63, 3.8) is 0 Å². The lowest BCUT2D eigenvalue weighted by atomic mass is 9.94. The Labute approximate surface area is 204 Å². The molecular weight excluding hydrogens is 458 g/mol. The van der Waals surface area contributed by atoms with Gasteiger partial charge in [-0.15, -0.1) is 0 Å². The Kier molecular flexibility index (Phi) is 7.69. The van der Waals surface area contributed by atoms with Crippen molar-refractivity contribution in [2.75, 3.05) is 39.5 Å². The third-order valence-corrected chi connectivity index (χ3v) is 7.67. The maximum atomic E-state index is 12.7. The number of likely N-dealkylation sites (tertiary alicyclic amines) is 1. The highest BCUT2D eigenvalue weighted by Gasteiger charge is 2.39. The monoisotopic (exact) mass is 495 g/mol. The molecule has 9 nitrogen and oxygen atoms in total. The molecular formula is C24H37N3O6S. The fourth-order valence-electron chi connectivity index (χ4n) is 4.50. The van der Waals surface area contributed by atoms with E-state index in [1.54, 1.807) is 4.90 Å². The number of fused-ring (bicyclic) bond motifs is 1. The zero-order chi connectivity index (χ0) is 24.3. The van der Waals surface area contributed by atoms with Gasteiger partial charge in [-0.25, -0.2) is 13.7 Å². The molecule has 0 aliphatic carbocycles. The van der Waals surface area contributed by atoms with E-state index in [-0.39, 0.29) is 6.09 Å². The van der Waals surface area contributed by atoms with Gasteiger partial charge in [0, 0.05) is 38.0 Å². The Morgan fingerprint density at radius 1 is 1.29 bits per heavy atom. The number of hydrogen-bond donors (Lipinski definition) is 1. The van der Waals surface area contributed by atoms with Gasteiger partial charge in [-0.1, -0.05) is 0 Å². The van der Waals surface area contributed by atoms with Crippen molar-refractivity contribution >= 4 is 17.1 Å². The summed E-state index contributed by atoms with van der Waals surface area (Å²) in [5, 5.41) is 0. The predicted octanol–water partition coefficient (Wildman–Crippen LogP) is 3.36. The molecule has 0 bridgehead atoms. The Hall–Kier alpha value is -1.91. The summed E-state index contributed by atoms with van der Waals surface area (Å²) < 4.78 is 39.2. The third kappa shape index (κ3) is 6.20. The number of nitrogens with one attached hydrogen (secondary N) is 1. The zero-order valence-electron chi connectivity index (χ0n) is 20.7. The lowest BCUT2D eigenvalue weighted by Crippen LogP contribution is -2.48. The maximum Gasteiger partial charge on any atom is 0.410 e. The van der Waals surface area contributed by atoms with Gasteiger partial charge in [0.2, 0.25) is 11.8 Å². The van der Waals surface area contributed by atoms with Crippen LogP contribution in [-0.2, 0) is 20.5 Å². The van der Waals surface area contributed by atoms with Crippen LogP contribution in [0.3, 0.4) is 0 Å². The van der Waals surface area contributed by atoms with Gasteiger partial charge in [-0.3, -0.25) is 0 Å². The van der Waals surface area contributed by atoms with Gasteiger partial charge in [-0.2, -0.15) is 4.98 Å². The topological polar surface area (TPSA) is 99.2 Å². The minimum Gasteiger partial charge on any atom is -0.477 e. The molecule has 1 aromatic heterocycles. The first-order chi connectivity index (χ1) is 16.1. The number of ether oxygens (including phenoxy) is 4. The number of carbonyl (C=O) groups is 1. The smallest absolute Gasteiger partial charge is 0.410 e. The summed E-state index contributed by atoms with van der Waals surface area (Å²) in [7, 11) is -1.38. The van der Waals surface area contributed by atoms with Crippen LogP contribution >= 0.6 is 0 Å². The zero-order valence-corrected chi connectivity index (χ0v) is 21.5. The molecule has 3 aliphatic rings. The number of nitrogens with zero attached hydrogens (tertiary/aromatic N) is 2. The van der Waals surface area contributed by atoms with Gasteiger partial charge in [0.05, 0.1) is 19.8 Å². The van der Waals surface area contributed by atoms with E-state index in [0.29, 0.717) is 62.0 Å². The summed E-state index contributed by atoms with van der Waals surface area (Å²) in [5.41, 5.74) is -0.0989. The minimum absolute atomic E-state index is 0.235. The highest BCUT2D eigenvalue weighted by atomic mass is 32.2. The second kappa shape index (κ2) is 10.4. The number of rotatable bonds is 4. The predicted molar refractivity (Wildman–Crippen MR) is 127 cm³/mol. The third-order valence-electron chi connectivity index (χ3n) is 6.57. The first-order valence-corrected chi connectivity index (χ1v) is 13.3. The molecule has 1 aromatic rings. The first kappa shape index (κ1) is 25.2. The number of aromatic nitrogens is 1. The Bertz CT molecular complexity index is 905. The Morgan fingerprint density at radius 2 is 2.00 bits per heavy atom. The van der Waals surface area contributed by atoms with Crippen molar-refractivity contribution in [2.45, 2.75) is 75.9 Å². The fraction of sp³-hybridized carbons (Fsp3) is 0.750. The van der Waals surface area contributed by atoms with E-state index >= 15 is 0 Å². The molecule has 34 heavy (non-hydrogen) atoms. The van der Waals surface area contributed by atoms with Gasteiger partial charge in [0.1, 0.15) is 27.1 Å². The second-order valence-corrected chi connectivity index (χ2v) is 11.7. The van der Waals surface area contributed by atoms with Gasteiger partial charge < -0.3 is 23.8 Å². The minimum atomic E-state index is -1.38. The van der Waals surface area contributed by atoms with Gasteiger partial charge in [-0.05, 0) is 58.9 Å². The molecule has 1 atom stereocenters. The van der Waals surface area contributed by atoms with E-state index in [0.717, 1.165) is 37.7 Å². The Balaban J connectivity index is 1.32. The van der Waals surface area contributed by atoms with Crippen molar-refractivity contribution in [1.29, 1.82) is 0 Å². The molecule has 0 aromatic carbocycles. The molecule has 0 radical (unpaired) electrons. The molecule has 1 amide bonds. The van der Waals surface area contributed by atoms with Crippen LogP contribution in [0.2, 0.25) is 0 Å². The summed E-state index contributed by atoms with van der Waals surface area (Å²) in [6.07, 6.45) is 3.96. The number of piperidine rings is 1. The number of carbonyl (C=O) groups excluding carboxylic acids is 1. The van der Waals surface area contributed by atoms with Crippen LogP contribution in [0, 0.1) is 12.8 Å². The molecule has 2 fully saturated rings. The lowest BCUT2D eigenvalue weighted by Gasteiger charge is -2.35. The van der Waals surface area contributed by atoms with E-state index in [2.05, 4.69) is 9.71 Å². The van der Waals surface area contributed by atoms with E-state index < -0.39 is 22.2 Å². The van der Waals surface area contributed by atoms with Crippen LogP contribution in [0.15, 0.2) is 11.0 Å². The number of aryl methyl sites for hydroxylation is 1. The number of amides is 1. The van der Waals surface area contributed by atoms with E-state index in [4.69, 9.17) is 18.9 Å². The molecule has 1 N–H and O–H groups in total. The highest BCUT2D eigenvalue weighted by molar-refractivity contribution is 7.83. The standard InChI is InChI=1S/C24H37N3O6S/c1-17-15-19-21(32-24(16-25-34(19)29)8-13-30-14-9-24)26-20(17)31-12-7-18-5-10-27(11-6-18)22(28)33-23(2,3)4/h15,18,25H,5-14,16H2,1-4H3. The molecule has 4 rings (SSSR count). The maximum absolute atomic E-state index is 12.7. The quantitative estimate of drug-likeness (QED) is 0.684. The van der Waals surface area contributed by atoms with Gasteiger partial charge in [0.15, 0.2) is 0 Å². The van der Waals surface area contributed by atoms with Crippen LogP contribution in [0.4, 0.5) is 4.79 Å². The van der Waals surface area contributed by atoms with Crippen LogP contribution in [0.25, 0.3) is 0 Å². The fourth-order valence-corrected chi connectivity index (χ4v) is 5.58. The van der Waals surface area contributed by atoms with Crippen molar-refractivity contribution in [3.05, 3.63) is 11.6 Å². The Morgan fingerprint density at radius 3 is 2.68 bits per heavy atom. The summed E-state index contributed by atoms with van der Waals surface area (Å²) in [6, 6.07) is 1.85. The lowest BCUT2D eigenvalue weighted by molar-refractivity contribution is -0.0444. The van der Waals surface area contributed by atoms with Crippen LogP contribution < -0.4 is 14.2 Å². The summed E-state index contributed by atoms with van der Waals surface area (Å²) in [6.45, 7) is 11.2. The normalized spacial score (nSPS) is 23.1. The summed E-state index contributed by atoms with van der Waals surface area (Å²) in [5.74, 6) is 1.39. The largest absolute Gasteiger partial charge is 0.477 e. The van der Waals surface area contributed by atoms with E-state index in [1.807, 2.05) is 33.8 Å². The molecule has 4 heterocycles. The number of hydrogen-bond acceptors (Lipinski definition) is 7. The molecule has 190 valence electrons. The SMILES string of the molecule is Cc1cc2c(nc1OCCC1CCN(C(=O)OC(C)(C)C)CC1)OC1(CCOCC1)CNS2=O. The van der Waals surface area contributed by atoms with Gasteiger partial charge >= 0.3 is 6.09 Å². The molecule has 3 aliphatic heterocycles. The van der Waals surface area contributed by atoms with E-state index in [9.17, 15) is 9.00 Å².